The number of hydrogen-bond acceptors (Lipinski definition) is 6. The van der Waals surface area contributed by atoms with E-state index >= 15 is 0 Å². The molecule has 3 aromatic rings. The molecule has 0 radical (unpaired) electrons. The summed E-state index contributed by atoms with van der Waals surface area (Å²) in [6, 6.07) is 14.2. The molecule has 0 spiro atoms. The Kier molecular flexibility index (Phi) is 4.97. The second-order valence-electron chi connectivity index (χ2n) is 6.82. The molecule has 4 rings (SSSR count). The molecule has 1 aliphatic heterocycles. The van der Waals surface area contributed by atoms with Gasteiger partial charge >= 0.3 is 0 Å². The Hall–Kier alpha value is -3.35. The summed E-state index contributed by atoms with van der Waals surface area (Å²) in [7, 11) is 0. The van der Waals surface area contributed by atoms with E-state index in [4.69, 9.17) is 9.26 Å². The Balaban J connectivity index is 1.40. The van der Waals surface area contributed by atoms with E-state index in [0.717, 1.165) is 42.8 Å². The highest BCUT2D eigenvalue weighted by molar-refractivity contribution is 5.73. The number of rotatable bonds is 4. The third-order valence-corrected chi connectivity index (χ3v) is 4.84. The molecule has 28 heavy (non-hydrogen) atoms. The average Bonchev–Trinajstić information content (AvgIpc) is 3.20. The first-order valence-corrected chi connectivity index (χ1v) is 9.24. The summed E-state index contributed by atoms with van der Waals surface area (Å²) in [5.74, 6) is 1.98. The number of carbonyl (C=O) groups excluding carboxylic acids is 1. The highest BCUT2D eigenvalue weighted by Crippen LogP contribution is 2.26. The first kappa shape index (κ1) is 18.0. The summed E-state index contributed by atoms with van der Waals surface area (Å²) in [5.41, 5.74) is 1.57. The van der Waals surface area contributed by atoms with E-state index in [1.54, 1.807) is 31.2 Å². The van der Waals surface area contributed by atoms with E-state index in [0.29, 0.717) is 11.7 Å². The lowest BCUT2D eigenvalue weighted by Gasteiger charge is -2.31. The van der Waals surface area contributed by atoms with Crippen molar-refractivity contribution < 1.29 is 19.2 Å². The predicted molar refractivity (Wildman–Crippen MR) is 103 cm³/mol. The third kappa shape index (κ3) is 3.98. The van der Waals surface area contributed by atoms with Crippen LogP contribution < -0.4 is 4.74 Å². The Morgan fingerprint density at radius 2 is 1.71 bits per heavy atom. The Morgan fingerprint density at radius 3 is 2.36 bits per heavy atom. The van der Waals surface area contributed by atoms with E-state index in [-0.39, 0.29) is 17.8 Å². The minimum absolute atomic E-state index is 0.118. The van der Waals surface area contributed by atoms with Gasteiger partial charge in [-0.2, -0.15) is 4.98 Å². The summed E-state index contributed by atoms with van der Waals surface area (Å²) in [6.45, 7) is 3.08. The van der Waals surface area contributed by atoms with Gasteiger partial charge in [0.25, 0.3) is 5.89 Å². The molecule has 7 nitrogen and oxygen atoms in total. The van der Waals surface area contributed by atoms with Gasteiger partial charge in [0.05, 0.1) is 0 Å². The fraction of sp³-hybridized carbons (Fsp3) is 0.286. The van der Waals surface area contributed by atoms with Crippen molar-refractivity contribution in [2.24, 2.45) is 0 Å². The number of nitrogens with zero attached hydrogens (tertiary/aromatic N) is 3. The summed E-state index contributed by atoms with van der Waals surface area (Å²) in [6.07, 6.45) is 1.79. The Labute approximate surface area is 162 Å². The van der Waals surface area contributed by atoms with Crippen LogP contribution in [0.4, 0.5) is 0 Å². The van der Waals surface area contributed by atoms with Gasteiger partial charge in [-0.15, -0.1) is 0 Å². The number of ether oxygens (including phenoxy) is 1. The van der Waals surface area contributed by atoms with Gasteiger partial charge in [0.15, 0.2) is 0 Å². The van der Waals surface area contributed by atoms with E-state index in [1.165, 1.54) is 0 Å². The second-order valence-corrected chi connectivity index (χ2v) is 6.82. The van der Waals surface area contributed by atoms with E-state index in [9.17, 15) is 9.90 Å². The predicted octanol–water partition coefficient (Wildman–Crippen LogP) is 3.50. The van der Waals surface area contributed by atoms with Crippen molar-refractivity contribution >= 4 is 5.91 Å². The van der Waals surface area contributed by atoms with Gasteiger partial charge in [-0.25, -0.2) is 0 Å². The van der Waals surface area contributed by atoms with Crippen molar-refractivity contribution in [3.8, 4) is 34.3 Å². The Bertz CT molecular complexity index is 943. The molecular formula is C21H21N3O4. The zero-order valence-electron chi connectivity index (χ0n) is 15.5. The SMILES string of the molecule is CC(=O)N1CCC(Oc2ccc(-c3noc(-c4ccc(O)cc4)n3)cc2)CC1. The molecule has 144 valence electrons. The van der Waals surface area contributed by atoms with Crippen LogP contribution >= 0.6 is 0 Å². The van der Waals surface area contributed by atoms with Crippen LogP contribution in [0.2, 0.25) is 0 Å². The number of phenols is 1. The van der Waals surface area contributed by atoms with Crippen LogP contribution in [0.3, 0.4) is 0 Å². The van der Waals surface area contributed by atoms with Gasteiger partial charge in [-0.3, -0.25) is 4.79 Å². The van der Waals surface area contributed by atoms with E-state index in [2.05, 4.69) is 10.1 Å². The number of hydrogen-bond donors (Lipinski definition) is 1. The first-order chi connectivity index (χ1) is 13.6. The molecule has 2 heterocycles. The zero-order valence-corrected chi connectivity index (χ0v) is 15.5. The maximum atomic E-state index is 11.4. The largest absolute Gasteiger partial charge is 0.508 e. The maximum absolute atomic E-state index is 11.4. The molecule has 7 heteroatoms. The molecule has 1 aromatic heterocycles. The van der Waals surface area contributed by atoms with Crippen molar-refractivity contribution in [3.63, 3.8) is 0 Å². The number of amides is 1. The third-order valence-electron chi connectivity index (χ3n) is 4.84. The molecule has 0 aliphatic carbocycles. The lowest BCUT2D eigenvalue weighted by Crippen LogP contribution is -2.40. The monoisotopic (exact) mass is 379 g/mol. The second kappa shape index (κ2) is 7.72. The lowest BCUT2D eigenvalue weighted by atomic mass is 10.1. The van der Waals surface area contributed by atoms with Gasteiger partial charge in [-0.1, -0.05) is 5.16 Å². The van der Waals surface area contributed by atoms with Gasteiger partial charge in [-0.05, 0) is 48.5 Å². The normalized spacial score (nSPS) is 14.8. The molecule has 0 atom stereocenters. The minimum atomic E-state index is 0.118. The molecule has 1 N–H and O–H groups in total. The van der Waals surface area contributed by atoms with Gasteiger partial charge in [0.2, 0.25) is 11.7 Å². The van der Waals surface area contributed by atoms with Crippen LogP contribution in [0, 0.1) is 0 Å². The van der Waals surface area contributed by atoms with Crippen molar-refractivity contribution in [3.05, 3.63) is 48.5 Å². The van der Waals surface area contributed by atoms with Crippen LogP contribution in [0.5, 0.6) is 11.5 Å². The van der Waals surface area contributed by atoms with Crippen LogP contribution in [0.15, 0.2) is 53.1 Å². The molecule has 1 aliphatic rings. The summed E-state index contributed by atoms with van der Waals surface area (Å²) < 4.78 is 11.4. The van der Waals surface area contributed by atoms with Gasteiger partial charge in [0, 0.05) is 44.0 Å². The van der Waals surface area contributed by atoms with Crippen LogP contribution in [0.25, 0.3) is 22.8 Å². The number of aromatic hydroxyl groups is 1. The molecule has 1 fully saturated rings. The molecule has 0 saturated carbocycles. The van der Waals surface area contributed by atoms with Crippen LogP contribution in [0.1, 0.15) is 19.8 Å². The molecule has 1 amide bonds. The maximum Gasteiger partial charge on any atom is 0.258 e. The number of piperidine rings is 1. The first-order valence-electron chi connectivity index (χ1n) is 9.24. The Morgan fingerprint density at radius 1 is 1.07 bits per heavy atom. The van der Waals surface area contributed by atoms with Crippen molar-refractivity contribution in [1.82, 2.24) is 15.0 Å². The molecule has 1 saturated heterocycles. The number of benzene rings is 2. The van der Waals surface area contributed by atoms with Crippen molar-refractivity contribution in [2.45, 2.75) is 25.9 Å². The standard InChI is InChI=1S/C21H21N3O4/c1-14(25)24-12-10-19(11-13-24)27-18-8-4-15(5-9-18)20-22-21(28-23-20)16-2-6-17(26)7-3-16/h2-9,19,26H,10-13H2,1H3. The fourth-order valence-corrected chi connectivity index (χ4v) is 3.23. The minimum Gasteiger partial charge on any atom is -0.508 e. The van der Waals surface area contributed by atoms with Crippen molar-refractivity contribution in [2.75, 3.05) is 13.1 Å². The quantitative estimate of drug-likeness (QED) is 0.746. The van der Waals surface area contributed by atoms with E-state index < -0.39 is 0 Å². The average molecular weight is 379 g/mol. The van der Waals surface area contributed by atoms with E-state index in [1.807, 2.05) is 29.2 Å². The number of likely N-dealkylation sites (tertiary alicyclic amines) is 1. The topological polar surface area (TPSA) is 88.7 Å². The zero-order chi connectivity index (χ0) is 19.5. The summed E-state index contributed by atoms with van der Waals surface area (Å²) in [5, 5.41) is 13.4. The molecule has 0 bridgehead atoms. The highest BCUT2D eigenvalue weighted by atomic mass is 16.5. The highest BCUT2D eigenvalue weighted by Gasteiger charge is 2.22. The number of carbonyl (C=O) groups is 1. The summed E-state index contributed by atoms with van der Waals surface area (Å²) >= 11 is 0. The lowest BCUT2D eigenvalue weighted by molar-refractivity contribution is -0.130. The number of phenolic OH excluding ortho intramolecular Hbond substituents is 1. The molecule has 0 unspecified atom stereocenters. The van der Waals surface area contributed by atoms with Crippen molar-refractivity contribution in [1.29, 1.82) is 0 Å². The molecular weight excluding hydrogens is 358 g/mol. The van der Waals surface area contributed by atoms with Crippen LogP contribution in [-0.2, 0) is 4.79 Å². The smallest absolute Gasteiger partial charge is 0.258 e. The molecule has 2 aromatic carbocycles. The summed E-state index contributed by atoms with van der Waals surface area (Å²) in [4.78, 5) is 17.7. The van der Waals surface area contributed by atoms with Gasteiger partial charge in [0.1, 0.15) is 17.6 Å². The number of aromatic nitrogens is 2. The van der Waals surface area contributed by atoms with Crippen LogP contribution in [-0.4, -0.2) is 45.2 Å². The van der Waals surface area contributed by atoms with Gasteiger partial charge < -0.3 is 19.3 Å². The fourth-order valence-electron chi connectivity index (χ4n) is 3.23.